The maximum Gasteiger partial charge on any atom is 0.416 e. The van der Waals surface area contributed by atoms with Gasteiger partial charge in [0.05, 0.1) is 23.3 Å². The van der Waals surface area contributed by atoms with Gasteiger partial charge in [0.25, 0.3) is 0 Å². The number of carbonyl (C=O) groups excluding carboxylic acids is 2. The minimum Gasteiger partial charge on any atom is -0.368 e. The molecule has 5 rings (SSSR count). The second-order valence-corrected chi connectivity index (χ2v) is 11.9. The van der Waals surface area contributed by atoms with Crippen LogP contribution < -0.4 is 0 Å². The van der Waals surface area contributed by atoms with Gasteiger partial charge < -0.3 is 14.5 Å². The first-order valence-electron chi connectivity index (χ1n) is 14.4. The van der Waals surface area contributed by atoms with Crippen molar-refractivity contribution in [2.24, 2.45) is 11.8 Å². The van der Waals surface area contributed by atoms with E-state index in [-0.39, 0.29) is 47.9 Å². The Morgan fingerprint density at radius 3 is 2.05 bits per heavy atom. The first-order chi connectivity index (χ1) is 20.1. The van der Waals surface area contributed by atoms with Crippen molar-refractivity contribution < 1.29 is 45.1 Å². The molecule has 3 aliphatic rings. The van der Waals surface area contributed by atoms with Crippen molar-refractivity contribution in [3.63, 3.8) is 0 Å². The number of piperidine rings is 2. The maximum absolute atomic E-state index is 13.9. The smallest absolute Gasteiger partial charge is 0.368 e. The molecule has 43 heavy (non-hydrogen) atoms. The number of benzene rings is 2. The molecule has 2 unspecified atom stereocenters. The second kappa shape index (κ2) is 11.7. The van der Waals surface area contributed by atoms with E-state index in [1.165, 1.54) is 26.0 Å². The summed E-state index contributed by atoms with van der Waals surface area (Å²) < 4.78 is 101. The number of halogens is 7. The molecule has 0 bridgehead atoms. The summed E-state index contributed by atoms with van der Waals surface area (Å²) in [6.45, 7) is 4.25. The molecule has 3 heterocycles. The standard InChI is InChI=1S/C31H33F7N2O3/c1-17(21-11-23(30(33,34)35)15-24(12-21)31(36,37)38)43-27-16-40-26(29(27)20-3-5-25(32)6-4-20)13-22(14-28(40)42)19-7-9-39(10-8-19)18(2)41/h3-6,11-12,15,17,19,22,26-27,29H,7-10,13-14,16H2,1-2H3/t17-,22?,26+,27+,29?/m1/s1. The van der Waals surface area contributed by atoms with Gasteiger partial charge in [-0.2, -0.15) is 26.3 Å². The van der Waals surface area contributed by atoms with E-state index in [9.17, 15) is 40.3 Å². The van der Waals surface area contributed by atoms with E-state index in [4.69, 9.17) is 4.74 Å². The highest BCUT2D eigenvalue weighted by Gasteiger charge is 2.50. The van der Waals surface area contributed by atoms with Crippen molar-refractivity contribution >= 4 is 11.8 Å². The largest absolute Gasteiger partial charge is 0.416 e. The number of hydrogen-bond donors (Lipinski definition) is 0. The molecular weight excluding hydrogens is 581 g/mol. The fourth-order valence-electron chi connectivity index (χ4n) is 7.03. The molecule has 0 radical (unpaired) electrons. The first kappa shape index (κ1) is 31.3. The molecule has 5 nitrogen and oxygen atoms in total. The van der Waals surface area contributed by atoms with Crippen LogP contribution in [0.25, 0.3) is 0 Å². The van der Waals surface area contributed by atoms with Gasteiger partial charge >= 0.3 is 12.4 Å². The molecule has 0 aromatic heterocycles. The lowest BCUT2D eigenvalue weighted by Crippen LogP contribution is -2.47. The van der Waals surface area contributed by atoms with Crippen LogP contribution in [-0.4, -0.2) is 53.4 Å². The SMILES string of the molecule is CC(=O)N1CCC(C2CC(=O)N3C[C@H](O[C@H](C)c4cc(C(F)(F)F)cc(C(F)(F)F)c4)C(c4ccc(F)cc4)[C@@H]3C2)CC1. The van der Waals surface area contributed by atoms with E-state index in [1.807, 2.05) is 0 Å². The van der Waals surface area contributed by atoms with Crippen molar-refractivity contribution in [1.29, 1.82) is 0 Å². The zero-order valence-corrected chi connectivity index (χ0v) is 23.7. The third-order valence-corrected chi connectivity index (χ3v) is 9.26. The number of likely N-dealkylation sites (tertiary alicyclic amines) is 1. The van der Waals surface area contributed by atoms with Gasteiger partial charge in [-0.3, -0.25) is 9.59 Å². The molecule has 12 heteroatoms. The Hall–Kier alpha value is -3.15. The number of ether oxygens (including phenoxy) is 1. The van der Waals surface area contributed by atoms with E-state index in [1.54, 1.807) is 21.9 Å². The number of alkyl halides is 6. The molecule has 3 saturated heterocycles. The molecule has 2 amide bonds. The predicted molar refractivity (Wildman–Crippen MR) is 142 cm³/mol. The Morgan fingerprint density at radius 2 is 1.51 bits per heavy atom. The predicted octanol–water partition coefficient (Wildman–Crippen LogP) is 6.97. The van der Waals surface area contributed by atoms with Gasteiger partial charge in [-0.05, 0) is 79.5 Å². The summed E-state index contributed by atoms with van der Waals surface area (Å²) in [6, 6.07) is 6.76. The lowest BCUT2D eigenvalue weighted by atomic mass is 9.74. The van der Waals surface area contributed by atoms with Crippen molar-refractivity contribution in [3.8, 4) is 0 Å². The van der Waals surface area contributed by atoms with Gasteiger partial charge in [0.15, 0.2) is 0 Å². The van der Waals surface area contributed by atoms with Gasteiger partial charge in [0.1, 0.15) is 5.82 Å². The average molecular weight is 615 g/mol. The van der Waals surface area contributed by atoms with Crippen molar-refractivity contribution in [1.82, 2.24) is 9.80 Å². The van der Waals surface area contributed by atoms with Gasteiger partial charge in [0, 0.05) is 44.9 Å². The van der Waals surface area contributed by atoms with Crippen LogP contribution in [0.15, 0.2) is 42.5 Å². The fraction of sp³-hybridized carbons (Fsp3) is 0.548. The highest BCUT2D eigenvalue weighted by atomic mass is 19.4. The van der Waals surface area contributed by atoms with Crippen LogP contribution in [0.5, 0.6) is 0 Å². The molecule has 234 valence electrons. The zero-order valence-electron chi connectivity index (χ0n) is 23.7. The molecule has 0 N–H and O–H groups in total. The van der Waals surface area contributed by atoms with E-state index >= 15 is 0 Å². The lowest BCUT2D eigenvalue weighted by molar-refractivity contribution is -0.143. The molecule has 3 aliphatic heterocycles. The minimum atomic E-state index is -5.00. The second-order valence-electron chi connectivity index (χ2n) is 11.9. The summed E-state index contributed by atoms with van der Waals surface area (Å²) in [5.41, 5.74) is -2.47. The fourth-order valence-corrected chi connectivity index (χ4v) is 7.03. The van der Waals surface area contributed by atoms with Crippen LogP contribution in [0.4, 0.5) is 30.7 Å². The highest BCUT2D eigenvalue weighted by Crippen LogP contribution is 2.47. The molecule has 5 atom stereocenters. The summed E-state index contributed by atoms with van der Waals surface area (Å²) in [6.07, 6.45) is -9.46. The number of hydrogen-bond acceptors (Lipinski definition) is 3. The summed E-state index contributed by atoms with van der Waals surface area (Å²) >= 11 is 0. The maximum atomic E-state index is 13.9. The first-order valence-corrected chi connectivity index (χ1v) is 14.4. The monoisotopic (exact) mass is 614 g/mol. The van der Waals surface area contributed by atoms with Gasteiger partial charge in [0.2, 0.25) is 11.8 Å². The number of amides is 2. The number of nitrogens with zero attached hydrogens (tertiary/aromatic N) is 2. The third kappa shape index (κ3) is 6.68. The molecule has 3 fully saturated rings. The molecule has 0 spiro atoms. The number of fused-ring (bicyclic) bond motifs is 1. The Labute approximate surface area is 245 Å². The lowest BCUT2D eigenvalue weighted by Gasteiger charge is -2.42. The van der Waals surface area contributed by atoms with Gasteiger partial charge in [-0.1, -0.05) is 12.1 Å². The zero-order chi connectivity index (χ0) is 31.3. The molecule has 2 aromatic carbocycles. The minimum absolute atomic E-state index is 0.00810. The van der Waals surface area contributed by atoms with E-state index in [2.05, 4.69) is 0 Å². The molecular formula is C31H33F7N2O3. The molecule has 2 aromatic rings. The van der Waals surface area contributed by atoms with Crippen LogP contribution in [0.1, 0.15) is 73.8 Å². The van der Waals surface area contributed by atoms with E-state index in [0.29, 0.717) is 43.6 Å². The summed E-state index contributed by atoms with van der Waals surface area (Å²) in [5.74, 6) is -0.767. The van der Waals surface area contributed by atoms with Crippen molar-refractivity contribution in [2.75, 3.05) is 19.6 Å². The third-order valence-electron chi connectivity index (χ3n) is 9.26. The Kier molecular flexibility index (Phi) is 8.54. The van der Waals surface area contributed by atoms with Crippen LogP contribution in [0.2, 0.25) is 0 Å². The van der Waals surface area contributed by atoms with Crippen molar-refractivity contribution in [3.05, 3.63) is 70.5 Å². The van der Waals surface area contributed by atoms with Gasteiger partial charge in [-0.15, -0.1) is 0 Å². The Morgan fingerprint density at radius 1 is 0.930 bits per heavy atom. The van der Waals surface area contributed by atoms with Crippen molar-refractivity contribution in [2.45, 2.75) is 76.1 Å². The molecule has 0 aliphatic carbocycles. The van der Waals surface area contributed by atoms with Crippen LogP contribution in [-0.2, 0) is 26.7 Å². The topological polar surface area (TPSA) is 49.9 Å². The van der Waals surface area contributed by atoms with Crippen LogP contribution >= 0.6 is 0 Å². The average Bonchev–Trinajstić information content (AvgIpc) is 3.30. The normalized spacial score (nSPS) is 26.0. The quantitative estimate of drug-likeness (QED) is 0.342. The van der Waals surface area contributed by atoms with Crippen LogP contribution in [0, 0.1) is 17.7 Å². The number of carbonyl (C=O) groups is 2. The van der Waals surface area contributed by atoms with Gasteiger partial charge in [-0.25, -0.2) is 4.39 Å². The number of rotatable bonds is 5. The Balaban J connectivity index is 1.43. The van der Waals surface area contributed by atoms with E-state index < -0.39 is 47.4 Å². The Bertz CT molecular complexity index is 1300. The summed E-state index contributed by atoms with van der Waals surface area (Å²) in [4.78, 5) is 28.7. The summed E-state index contributed by atoms with van der Waals surface area (Å²) in [7, 11) is 0. The van der Waals surface area contributed by atoms with Crippen LogP contribution in [0.3, 0.4) is 0 Å². The summed E-state index contributed by atoms with van der Waals surface area (Å²) in [5, 5.41) is 0. The van der Waals surface area contributed by atoms with E-state index in [0.717, 1.165) is 12.8 Å². The molecule has 0 saturated carbocycles. The highest BCUT2D eigenvalue weighted by molar-refractivity contribution is 5.78.